The average Bonchev–Trinajstić information content (AvgIpc) is 3.17. The number of amides is 1. The molecule has 0 aromatic heterocycles. The number of carbonyl (C=O) groups is 1. The van der Waals surface area contributed by atoms with Crippen LogP contribution in [0.15, 0.2) is 18.2 Å². The minimum Gasteiger partial charge on any atom is -0.444 e. The van der Waals surface area contributed by atoms with Gasteiger partial charge in [-0.15, -0.1) is 0 Å². The Morgan fingerprint density at radius 2 is 1.96 bits per heavy atom. The zero-order valence-corrected chi connectivity index (χ0v) is 14.0. The molecule has 3 rings (SSSR count). The van der Waals surface area contributed by atoms with Crippen molar-refractivity contribution in [2.75, 3.05) is 6.54 Å². The third-order valence-corrected chi connectivity index (χ3v) is 4.78. The van der Waals surface area contributed by atoms with Crippen LogP contribution in [0.2, 0.25) is 0 Å². The Morgan fingerprint density at radius 3 is 2.50 bits per heavy atom. The molecule has 24 heavy (non-hydrogen) atoms. The monoisotopic (exact) mass is 334 g/mol. The van der Waals surface area contributed by atoms with Gasteiger partial charge in [0.1, 0.15) is 23.3 Å². The largest absolute Gasteiger partial charge is 0.444 e. The highest BCUT2D eigenvalue weighted by Gasteiger charge is 2.61. The quantitative estimate of drug-likeness (QED) is 0.786. The first kappa shape index (κ1) is 16.7. The molecule has 1 saturated heterocycles. The van der Waals surface area contributed by atoms with E-state index in [1.54, 1.807) is 20.8 Å². The minimum absolute atomic E-state index is 0.155. The van der Waals surface area contributed by atoms with E-state index >= 15 is 0 Å². The van der Waals surface area contributed by atoms with Gasteiger partial charge in [-0.05, 0) is 57.2 Å². The SMILES string of the molecule is CC(C)(C)OC(=O)N1C[C@@]2(c3cc(F)cc(F)c3)C[C@H]2C[C@H]1C#N. The number of hydrogen-bond donors (Lipinski definition) is 0. The lowest BCUT2D eigenvalue weighted by Crippen LogP contribution is -2.50. The summed E-state index contributed by atoms with van der Waals surface area (Å²) in [5.74, 6) is -1.10. The van der Waals surface area contributed by atoms with Crippen molar-refractivity contribution in [1.82, 2.24) is 4.90 Å². The van der Waals surface area contributed by atoms with Crippen LogP contribution in [-0.4, -0.2) is 29.2 Å². The van der Waals surface area contributed by atoms with E-state index in [2.05, 4.69) is 6.07 Å². The second-order valence-corrected chi connectivity index (χ2v) is 7.70. The molecule has 1 saturated carbocycles. The summed E-state index contributed by atoms with van der Waals surface area (Å²) in [7, 11) is 0. The predicted molar refractivity (Wildman–Crippen MR) is 83.1 cm³/mol. The first-order valence-corrected chi connectivity index (χ1v) is 8.00. The summed E-state index contributed by atoms with van der Waals surface area (Å²) in [6, 6.07) is 5.06. The standard InChI is InChI=1S/C18H20F2N2O2/c1-17(2,3)24-16(23)22-10-18(8-12(18)6-15(22)9-21)11-4-13(19)7-14(20)5-11/h4-5,7,12,15H,6,8,10H2,1-3H3/t12-,15+,18-/m1/s1. The fourth-order valence-corrected chi connectivity index (χ4v) is 3.62. The summed E-state index contributed by atoms with van der Waals surface area (Å²) >= 11 is 0. The topological polar surface area (TPSA) is 53.3 Å². The molecule has 1 aromatic rings. The van der Waals surface area contributed by atoms with Gasteiger partial charge in [0.25, 0.3) is 0 Å². The van der Waals surface area contributed by atoms with Crippen molar-refractivity contribution in [3.05, 3.63) is 35.4 Å². The smallest absolute Gasteiger partial charge is 0.411 e. The Kier molecular flexibility index (Phi) is 3.78. The summed E-state index contributed by atoms with van der Waals surface area (Å²) in [4.78, 5) is 13.9. The zero-order chi connectivity index (χ0) is 17.7. The predicted octanol–water partition coefficient (Wildman–Crippen LogP) is 3.76. The van der Waals surface area contributed by atoms with Gasteiger partial charge in [0, 0.05) is 18.0 Å². The number of nitriles is 1. The molecule has 0 unspecified atom stereocenters. The first-order chi connectivity index (χ1) is 11.1. The van der Waals surface area contributed by atoms with Crippen molar-refractivity contribution in [2.45, 2.75) is 50.7 Å². The van der Waals surface area contributed by atoms with Crippen molar-refractivity contribution in [3.63, 3.8) is 0 Å². The molecule has 1 heterocycles. The van der Waals surface area contributed by atoms with E-state index in [9.17, 15) is 18.8 Å². The Hall–Kier alpha value is -2.16. The van der Waals surface area contributed by atoms with Gasteiger partial charge in [0.05, 0.1) is 6.07 Å². The van der Waals surface area contributed by atoms with E-state index < -0.39 is 34.8 Å². The third-order valence-electron chi connectivity index (χ3n) is 4.78. The van der Waals surface area contributed by atoms with Crippen LogP contribution >= 0.6 is 0 Å². The van der Waals surface area contributed by atoms with Crippen molar-refractivity contribution in [2.24, 2.45) is 5.92 Å². The number of benzene rings is 1. The summed E-state index contributed by atoms with van der Waals surface area (Å²) in [6.45, 7) is 5.52. The van der Waals surface area contributed by atoms with Gasteiger partial charge in [-0.1, -0.05) is 0 Å². The molecule has 1 aliphatic carbocycles. The molecule has 2 fully saturated rings. The van der Waals surface area contributed by atoms with E-state index in [1.165, 1.54) is 17.0 Å². The van der Waals surface area contributed by atoms with E-state index in [-0.39, 0.29) is 12.5 Å². The molecule has 1 amide bonds. The number of halogens is 2. The number of fused-ring (bicyclic) bond motifs is 1. The second-order valence-electron chi connectivity index (χ2n) is 7.70. The fourth-order valence-electron chi connectivity index (χ4n) is 3.62. The van der Waals surface area contributed by atoms with Crippen LogP contribution in [0.5, 0.6) is 0 Å². The van der Waals surface area contributed by atoms with Crippen molar-refractivity contribution in [1.29, 1.82) is 5.26 Å². The molecule has 1 aliphatic heterocycles. The van der Waals surface area contributed by atoms with E-state index in [0.29, 0.717) is 18.4 Å². The molecule has 4 nitrogen and oxygen atoms in total. The van der Waals surface area contributed by atoms with Crippen LogP contribution in [0.4, 0.5) is 13.6 Å². The number of carbonyl (C=O) groups excluding carboxylic acids is 1. The Labute approximate surface area is 140 Å². The van der Waals surface area contributed by atoms with Gasteiger partial charge in [0.2, 0.25) is 0 Å². The van der Waals surface area contributed by atoms with Crippen LogP contribution in [0.3, 0.4) is 0 Å². The molecule has 128 valence electrons. The highest BCUT2D eigenvalue weighted by molar-refractivity contribution is 5.70. The maximum atomic E-state index is 13.6. The number of hydrogen-bond acceptors (Lipinski definition) is 3. The van der Waals surface area contributed by atoms with Crippen LogP contribution < -0.4 is 0 Å². The number of rotatable bonds is 1. The van der Waals surface area contributed by atoms with Gasteiger partial charge in [-0.25, -0.2) is 13.6 Å². The van der Waals surface area contributed by atoms with Crippen LogP contribution in [0.1, 0.15) is 39.2 Å². The number of likely N-dealkylation sites (tertiary alicyclic amines) is 1. The molecule has 0 spiro atoms. The summed E-state index contributed by atoms with van der Waals surface area (Å²) in [6.07, 6.45) is 0.650. The molecule has 2 aliphatic rings. The lowest BCUT2D eigenvalue weighted by atomic mass is 9.86. The van der Waals surface area contributed by atoms with Gasteiger partial charge < -0.3 is 4.74 Å². The van der Waals surface area contributed by atoms with Gasteiger partial charge in [-0.2, -0.15) is 5.26 Å². The summed E-state index contributed by atoms with van der Waals surface area (Å²) < 4.78 is 32.6. The highest BCUT2D eigenvalue weighted by Crippen LogP contribution is 2.60. The zero-order valence-electron chi connectivity index (χ0n) is 14.0. The van der Waals surface area contributed by atoms with Crippen LogP contribution in [0, 0.1) is 28.9 Å². The Morgan fingerprint density at radius 1 is 1.33 bits per heavy atom. The molecule has 0 N–H and O–H groups in total. The van der Waals surface area contributed by atoms with E-state index in [1.807, 2.05) is 0 Å². The van der Waals surface area contributed by atoms with Crippen molar-refractivity contribution in [3.8, 4) is 6.07 Å². The number of piperidine rings is 1. The van der Waals surface area contributed by atoms with E-state index in [0.717, 1.165) is 6.07 Å². The average molecular weight is 334 g/mol. The van der Waals surface area contributed by atoms with Gasteiger partial charge in [-0.3, -0.25) is 4.90 Å². The second kappa shape index (κ2) is 5.44. The highest BCUT2D eigenvalue weighted by atomic mass is 19.1. The normalized spacial score (nSPS) is 28.8. The molecule has 1 aromatic carbocycles. The lowest BCUT2D eigenvalue weighted by Gasteiger charge is -2.37. The van der Waals surface area contributed by atoms with E-state index in [4.69, 9.17) is 4.74 Å². The third kappa shape index (κ3) is 2.95. The Balaban J connectivity index is 1.89. The first-order valence-electron chi connectivity index (χ1n) is 8.00. The van der Waals surface area contributed by atoms with Crippen molar-refractivity contribution >= 4 is 6.09 Å². The van der Waals surface area contributed by atoms with Gasteiger partial charge in [0.15, 0.2) is 0 Å². The fraction of sp³-hybridized carbons (Fsp3) is 0.556. The molecule has 3 atom stereocenters. The molecular weight excluding hydrogens is 314 g/mol. The minimum atomic E-state index is -0.671. The number of nitrogens with zero attached hydrogens (tertiary/aromatic N) is 2. The van der Waals surface area contributed by atoms with Gasteiger partial charge >= 0.3 is 6.09 Å². The summed E-state index contributed by atoms with van der Waals surface area (Å²) in [5.41, 5.74) is -0.599. The van der Waals surface area contributed by atoms with Crippen LogP contribution in [-0.2, 0) is 10.2 Å². The molecular formula is C18H20F2N2O2. The maximum absolute atomic E-state index is 13.6. The van der Waals surface area contributed by atoms with Crippen LogP contribution in [0.25, 0.3) is 0 Å². The molecule has 0 radical (unpaired) electrons. The number of ether oxygens (including phenoxy) is 1. The van der Waals surface area contributed by atoms with Crippen molar-refractivity contribution < 1.29 is 18.3 Å². The lowest BCUT2D eigenvalue weighted by molar-refractivity contribution is 0.0127. The molecule has 6 heteroatoms. The molecule has 0 bridgehead atoms. The Bertz CT molecular complexity index is 702. The summed E-state index contributed by atoms with van der Waals surface area (Å²) in [5, 5.41) is 9.37. The maximum Gasteiger partial charge on any atom is 0.411 e.